The van der Waals surface area contributed by atoms with E-state index in [-0.39, 0.29) is 24.6 Å². The molecule has 0 aliphatic rings. The molecule has 2 aromatic carbocycles. The first-order chi connectivity index (χ1) is 16.6. The van der Waals surface area contributed by atoms with Crippen molar-refractivity contribution in [3.05, 3.63) is 78.4 Å². The van der Waals surface area contributed by atoms with E-state index in [1.54, 1.807) is 32.9 Å². The van der Waals surface area contributed by atoms with E-state index in [9.17, 15) is 19.5 Å². The van der Waals surface area contributed by atoms with Gasteiger partial charge in [0.15, 0.2) is 0 Å². The molecular formula is C26H33N3O5S. The van der Waals surface area contributed by atoms with Gasteiger partial charge in [-0.05, 0) is 44.0 Å². The van der Waals surface area contributed by atoms with Gasteiger partial charge >= 0.3 is 6.09 Å². The van der Waals surface area contributed by atoms with Crippen LogP contribution < -0.4 is 10.6 Å². The maximum Gasteiger partial charge on any atom is 0.408 e. The van der Waals surface area contributed by atoms with E-state index in [0.717, 1.165) is 5.56 Å². The zero-order valence-corrected chi connectivity index (χ0v) is 21.1. The van der Waals surface area contributed by atoms with Crippen LogP contribution in [0.25, 0.3) is 0 Å². The Labute approximate surface area is 211 Å². The Morgan fingerprint density at radius 1 is 1.11 bits per heavy atom. The van der Waals surface area contributed by atoms with E-state index in [4.69, 9.17) is 4.74 Å². The molecule has 0 radical (unpaired) electrons. The average molecular weight is 500 g/mol. The van der Waals surface area contributed by atoms with Crippen molar-refractivity contribution in [3.8, 4) is 5.75 Å². The van der Waals surface area contributed by atoms with Gasteiger partial charge in [0.05, 0.1) is 0 Å². The second kappa shape index (κ2) is 12.9. The number of hydrogen-bond acceptors (Lipinski definition) is 6. The lowest BCUT2D eigenvalue weighted by Gasteiger charge is -2.33. The van der Waals surface area contributed by atoms with Crippen LogP contribution in [0, 0.1) is 0 Å². The molecule has 35 heavy (non-hydrogen) atoms. The average Bonchev–Trinajstić information content (AvgIpc) is 2.81. The van der Waals surface area contributed by atoms with Crippen LogP contribution in [-0.4, -0.2) is 51.9 Å². The van der Waals surface area contributed by atoms with E-state index in [1.165, 1.54) is 23.1 Å². The van der Waals surface area contributed by atoms with Crippen molar-refractivity contribution in [1.82, 2.24) is 15.5 Å². The molecule has 0 saturated carbocycles. The molecule has 0 fully saturated rings. The number of rotatable bonds is 10. The third kappa shape index (κ3) is 8.68. The monoisotopic (exact) mass is 499 g/mol. The number of thiol groups is 1. The summed E-state index contributed by atoms with van der Waals surface area (Å²) in [4.78, 5) is 40.6. The summed E-state index contributed by atoms with van der Waals surface area (Å²) in [5.41, 5.74) is 0.631. The summed E-state index contributed by atoms with van der Waals surface area (Å²) in [6, 6.07) is 13.3. The second-order valence-electron chi connectivity index (χ2n) is 8.86. The maximum atomic E-state index is 13.6. The fourth-order valence-electron chi connectivity index (χ4n) is 3.31. The number of amides is 3. The topological polar surface area (TPSA) is 108 Å². The molecule has 2 atom stereocenters. The highest BCUT2D eigenvalue weighted by molar-refractivity contribution is 7.80. The van der Waals surface area contributed by atoms with Gasteiger partial charge in [-0.2, -0.15) is 12.6 Å². The van der Waals surface area contributed by atoms with Crippen LogP contribution in [0.5, 0.6) is 5.75 Å². The quantitative estimate of drug-likeness (QED) is 0.295. The van der Waals surface area contributed by atoms with Crippen LogP contribution in [0.15, 0.2) is 67.3 Å². The summed E-state index contributed by atoms with van der Waals surface area (Å²) < 4.78 is 5.27. The van der Waals surface area contributed by atoms with Crippen LogP contribution in [0.1, 0.15) is 37.9 Å². The van der Waals surface area contributed by atoms with Crippen molar-refractivity contribution in [2.45, 2.75) is 45.0 Å². The molecule has 3 N–H and O–H groups in total. The number of benzene rings is 2. The summed E-state index contributed by atoms with van der Waals surface area (Å²) in [5, 5.41) is 15.1. The van der Waals surface area contributed by atoms with E-state index in [1.807, 2.05) is 30.3 Å². The molecule has 0 bridgehead atoms. The molecule has 2 unspecified atom stereocenters. The van der Waals surface area contributed by atoms with Crippen molar-refractivity contribution < 1.29 is 24.2 Å². The Balaban J connectivity index is 2.35. The molecule has 2 aromatic rings. The Bertz CT molecular complexity index is 1010. The summed E-state index contributed by atoms with van der Waals surface area (Å²) in [6.07, 6.45) is 0.733. The highest BCUT2D eigenvalue weighted by Crippen LogP contribution is 2.25. The van der Waals surface area contributed by atoms with Crippen molar-refractivity contribution in [3.63, 3.8) is 0 Å². The summed E-state index contributed by atoms with van der Waals surface area (Å²) >= 11 is 4.24. The highest BCUT2D eigenvalue weighted by Gasteiger charge is 2.35. The first-order valence-corrected chi connectivity index (χ1v) is 11.8. The number of phenols is 1. The molecule has 3 amide bonds. The number of alkyl carbamates (subject to hydrolysis) is 1. The first kappa shape index (κ1) is 27.8. The zero-order valence-electron chi connectivity index (χ0n) is 20.2. The lowest BCUT2D eigenvalue weighted by atomic mass is 10.0. The number of phenolic OH excluding ortho intramolecular Hbond substituents is 1. The van der Waals surface area contributed by atoms with E-state index >= 15 is 0 Å². The van der Waals surface area contributed by atoms with E-state index in [0.29, 0.717) is 5.56 Å². The van der Waals surface area contributed by atoms with Crippen LogP contribution in [0.2, 0.25) is 0 Å². The van der Waals surface area contributed by atoms with Gasteiger partial charge in [-0.3, -0.25) is 9.59 Å². The summed E-state index contributed by atoms with van der Waals surface area (Å²) in [6.45, 7) is 9.16. The van der Waals surface area contributed by atoms with Gasteiger partial charge in [0.1, 0.15) is 23.4 Å². The zero-order chi connectivity index (χ0) is 26.0. The van der Waals surface area contributed by atoms with E-state index < -0.39 is 35.6 Å². The van der Waals surface area contributed by atoms with Crippen LogP contribution in [-0.2, 0) is 20.9 Å². The highest BCUT2D eigenvalue weighted by atomic mass is 32.1. The predicted octanol–water partition coefficient (Wildman–Crippen LogP) is 3.59. The fraction of sp³-hybridized carbons (Fsp3) is 0.346. The SMILES string of the molecule is C=CCN(C(=O)C(CS)NC(=O)OC(C)(C)C)C(C(=O)NCc1ccccc1)c1ccc(O)cc1. The normalized spacial score (nSPS) is 12.7. The Morgan fingerprint density at radius 2 is 1.74 bits per heavy atom. The number of hydrogen-bond donors (Lipinski definition) is 4. The smallest absolute Gasteiger partial charge is 0.408 e. The van der Waals surface area contributed by atoms with Gasteiger partial charge < -0.3 is 25.4 Å². The number of carbonyl (C=O) groups excluding carboxylic acids is 3. The Hall–Kier alpha value is -3.46. The van der Waals surface area contributed by atoms with Crippen LogP contribution in [0.3, 0.4) is 0 Å². The molecule has 188 valence electrons. The largest absolute Gasteiger partial charge is 0.508 e. The molecule has 0 heterocycles. The number of nitrogens with one attached hydrogen (secondary N) is 2. The molecule has 0 spiro atoms. The van der Waals surface area contributed by atoms with Gasteiger partial charge in [-0.1, -0.05) is 48.5 Å². The predicted molar refractivity (Wildman–Crippen MR) is 138 cm³/mol. The van der Waals surface area contributed by atoms with Crippen molar-refractivity contribution in [2.75, 3.05) is 12.3 Å². The van der Waals surface area contributed by atoms with Gasteiger partial charge in [-0.25, -0.2) is 4.79 Å². The molecule has 9 heteroatoms. The third-order valence-corrected chi connectivity index (χ3v) is 5.22. The molecule has 0 aliphatic carbocycles. The standard InChI is InChI=1S/C26H33N3O5S/c1-5-15-29(24(32)21(17-35)28-25(33)34-26(2,3)4)22(19-11-13-20(30)14-12-19)23(31)27-16-18-9-7-6-8-10-18/h5-14,21-22,30,35H,1,15-17H2,2-4H3,(H,27,31)(H,28,33). The number of nitrogens with zero attached hydrogens (tertiary/aromatic N) is 1. The molecule has 0 saturated heterocycles. The maximum absolute atomic E-state index is 13.6. The van der Waals surface area contributed by atoms with Crippen LogP contribution in [0.4, 0.5) is 4.79 Å². The molecule has 8 nitrogen and oxygen atoms in total. The minimum Gasteiger partial charge on any atom is -0.508 e. The number of aromatic hydroxyl groups is 1. The van der Waals surface area contributed by atoms with Gasteiger partial charge in [0, 0.05) is 18.8 Å². The first-order valence-electron chi connectivity index (χ1n) is 11.2. The lowest BCUT2D eigenvalue weighted by Crippen LogP contribution is -2.53. The lowest BCUT2D eigenvalue weighted by molar-refractivity contribution is -0.141. The molecule has 0 aliphatic heterocycles. The van der Waals surface area contributed by atoms with Crippen molar-refractivity contribution in [1.29, 1.82) is 0 Å². The summed E-state index contributed by atoms with van der Waals surface area (Å²) in [7, 11) is 0. The fourth-order valence-corrected chi connectivity index (χ4v) is 3.56. The minimum absolute atomic E-state index is 0.0142. The Morgan fingerprint density at radius 3 is 2.29 bits per heavy atom. The van der Waals surface area contributed by atoms with Gasteiger partial charge in [0.25, 0.3) is 0 Å². The second-order valence-corrected chi connectivity index (χ2v) is 9.22. The van der Waals surface area contributed by atoms with E-state index in [2.05, 4.69) is 29.8 Å². The van der Waals surface area contributed by atoms with Crippen molar-refractivity contribution in [2.24, 2.45) is 0 Å². The minimum atomic E-state index is -1.05. The van der Waals surface area contributed by atoms with Gasteiger partial charge in [-0.15, -0.1) is 6.58 Å². The molecule has 2 rings (SSSR count). The van der Waals surface area contributed by atoms with Crippen molar-refractivity contribution >= 4 is 30.5 Å². The number of carbonyl (C=O) groups is 3. The molecule has 0 aromatic heterocycles. The van der Waals surface area contributed by atoms with Gasteiger partial charge in [0.2, 0.25) is 11.8 Å². The third-order valence-electron chi connectivity index (χ3n) is 4.86. The Kier molecular flexibility index (Phi) is 10.2. The molecular weight excluding hydrogens is 466 g/mol. The van der Waals surface area contributed by atoms with Crippen LogP contribution >= 0.6 is 12.6 Å². The number of ether oxygens (including phenoxy) is 1. The summed E-state index contributed by atoms with van der Waals surface area (Å²) in [5.74, 6) is -0.943.